The number of carbonyl (C=O) groups excluding carboxylic acids is 3. The summed E-state index contributed by atoms with van der Waals surface area (Å²) >= 11 is 0. The number of benzene rings is 3. The van der Waals surface area contributed by atoms with Gasteiger partial charge in [-0.1, -0.05) is 60.7 Å². The first-order valence-electron chi connectivity index (χ1n) is 11.9. The predicted octanol–water partition coefficient (Wildman–Crippen LogP) is 3.48. The van der Waals surface area contributed by atoms with Crippen molar-refractivity contribution in [3.63, 3.8) is 0 Å². The second-order valence-electron chi connectivity index (χ2n) is 8.45. The van der Waals surface area contributed by atoms with Crippen LogP contribution in [-0.2, 0) is 15.1 Å². The van der Waals surface area contributed by atoms with Gasteiger partial charge >= 0.3 is 6.09 Å². The van der Waals surface area contributed by atoms with Crippen LogP contribution in [0.2, 0.25) is 0 Å². The van der Waals surface area contributed by atoms with Crippen LogP contribution >= 0.6 is 0 Å². The molecule has 1 heterocycles. The van der Waals surface area contributed by atoms with Gasteiger partial charge in [0.1, 0.15) is 0 Å². The van der Waals surface area contributed by atoms with E-state index in [9.17, 15) is 19.5 Å². The molecule has 4 rings (SSSR count). The molecule has 0 spiro atoms. The van der Waals surface area contributed by atoms with E-state index in [2.05, 4.69) is 5.32 Å². The maximum absolute atomic E-state index is 13.4. The van der Waals surface area contributed by atoms with Crippen LogP contribution < -0.4 is 5.32 Å². The maximum Gasteiger partial charge on any atom is 0.409 e. The predicted molar refractivity (Wildman–Crippen MR) is 135 cm³/mol. The van der Waals surface area contributed by atoms with E-state index in [1.165, 1.54) is 0 Å². The van der Waals surface area contributed by atoms with Gasteiger partial charge < -0.3 is 25.0 Å². The van der Waals surface area contributed by atoms with Gasteiger partial charge in [0, 0.05) is 37.4 Å². The van der Waals surface area contributed by atoms with E-state index in [0.29, 0.717) is 55.2 Å². The number of hydrogen-bond acceptors (Lipinski definition) is 5. The molecule has 2 N–H and O–H groups in total. The first kappa shape index (κ1) is 24.9. The zero-order valence-electron chi connectivity index (χ0n) is 20.1. The Labute approximate surface area is 210 Å². The first-order valence-corrected chi connectivity index (χ1v) is 11.9. The third-order valence-electron chi connectivity index (χ3n) is 6.19. The summed E-state index contributed by atoms with van der Waals surface area (Å²) in [5.41, 5.74) is -0.0758. The molecular weight excluding hydrogens is 458 g/mol. The summed E-state index contributed by atoms with van der Waals surface area (Å²) in [6.45, 7) is 3.73. The minimum absolute atomic E-state index is 0.151. The first-order chi connectivity index (χ1) is 17.4. The van der Waals surface area contributed by atoms with Crippen molar-refractivity contribution in [1.29, 1.82) is 0 Å². The van der Waals surface area contributed by atoms with Crippen LogP contribution in [0, 0.1) is 0 Å². The van der Waals surface area contributed by atoms with Crippen LogP contribution in [0.25, 0.3) is 0 Å². The molecule has 3 amide bonds. The number of hydrogen-bond donors (Lipinski definition) is 2. The Morgan fingerprint density at radius 2 is 1.31 bits per heavy atom. The summed E-state index contributed by atoms with van der Waals surface area (Å²) in [7, 11) is 0. The van der Waals surface area contributed by atoms with Crippen LogP contribution in [0.5, 0.6) is 0 Å². The quantitative estimate of drug-likeness (QED) is 0.555. The van der Waals surface area contributed by atoms with Gasteiger partial charge in [0.2, 0.25) is 0 Å². The third-order valence-corrected chi connectivity index (χ3v) is 6.19. The molecule has 0 saturated carbocycles. The van der Waals surface area contributed by atoms with Gasteiger partial charge in [-0.25, -0.2) is 4.79 Å². The highest BCUT2D eigenvalue weighted by molar-refractivity contribution is 6.01. The number of piperazine rings is 1. The fourth-order valence-corrected chi connectivity index (χ4v) is 4.19. The van der Waals surface area contributed by atoms with E-state index in [1.54, 1.807) is 89.5 Å². The fourth-order valence-electron chi connectivity index (χ4n) is 4.19. The van der Waals surface area contributed by atoms with Crippen molar-refractivity contribution in [3.05, 3.63) is 102 Å². The van der Waals surface area contributed by atoms with E-state index in [4.69, 9.17) is 4.74 Å². The number of carbonyl (C=O) groups is 3. The van der Waals surface area contributed by atoms with Gasteiger partial charge in [0.25, 0.3) is 11.8 Å². The highest BCUT2D eigenvalue weighted by Gasteiger charge is 2.40. The molecule has 0 bridgehead atoms. The molecule has 1 fully saturated rings. The Bertz CT molecular complexity index is 1150. The van der Waals surface area contributed by atoms with Gasteiger partial charge in [-0.2, -0.15) is 0 Å². The van der Waals surface area contributed by atoms with Gasteiger partial charge in [-0.3, -0.25) is 9.59 Å². The molecule has 0 aliphatic carbocycles. The molecule has 8 heteroatoms. The van der Waals surface area contributed by atoms with E-state index in [-0.39, 0.29) is 12.0 Å². The number of aliphatic hydroxyl groups is 1. The lowest BCUT2D eigenvalue weighted by Crippen LogP contribution is -2.50. The number of ether oxygens (including phenoxy) is 1. The van der Waals surface area contributed by atoms with Gasteiger partial charge in [-0.05, 0) is 42.3 Å². The summed E-state index contributed by atoms with van der Waals surface area (Å²) in [4.78, 5) is 41.4. The molecule has 186 valence electrons. The molecule has 3 aromatic carbocycles. The SMILES string of the molecule is CCOC(=O)N1CCN(C(=O)c2ccc(NC(=O)C(O)(c3ccccc3)c3ccccc3)cc2)CC1. The standard InChI is InChI=1S/C28H29N3O5/c1-2-36-27(34)31-19-17-30(18-20-31)25(32)21-13-15-24(16-14-21)29-26(33)28(35,22-9-5-3-6-10-22)23-11-7-4-8-12-23/h3-16,35H,2,17-20H2,1H3,(H,29,33). The Balaban J connectivity index is 1.45. The van der Waals surface area contributed by atoms with Crippen molar-refractivity contribution in [2.24, 2.45) is 0 Å². The monoisotopic (exact) mass is 487 g/mol. The largest absolute Gasteiger partial charge is 0.450 e. The molecule has 1 saturated heterocycles. The number of nitrogens with zero attached hydrogens (tertiary/aromatic N) is 2. The maximum atomic E-state index is 13.4. The number of amides is 3. The molecule has 8 nitrogen and oxygen atoms in total. The van der Waals surface area contributed by atoms with Gasteiger partial charge in [0.05, 0.1) is 6.61 Å². The lowest BCUT2D eigenvalue weighted by Gasteiger charge is -2.34. The summed E-state index contributed by atoms with van der Waals surface area (Å²) in [5, 5.41) is 14.4. The number of nitrogens with one attached hydrogen (secondary N) is 1. The molecule has 0 atom stereocenters. The van der Waals surface area contributed by atoms with Crippen molar-refractivity contribution in [2.45, 2.75) is 12.5 Å². The summed E-state index contributed by atoms with van der Waals surface area (Å²) < 4.78 is 5.02. The van der Waals surface area contributed by atoms with E-state index >= 15 is 0 Å². The number of rotatable bonds is 6. The molecular formula is C28H29N3O5. The van der Waals surface area contributed by atoms with Crippen molar-refractivity contribution < 1.29 is 24.2 Å². The summed E-state index contributed by atoms with van der Waals surface area (Å²) in [6.07, 6.45) is -0.365. The third kappa shape index (κ3) is 5.23. The van der Waals surface area contributed by atoms with Gasteiger partial charge in [0.15, 0.2) is 5.60 Å². The zero-order valence-corrected chi connectivity index (χ0v) is 20.1. The summed E-state index contributed by atoms with van der Waals surface area (Å²) in [5.74, 6) is -0.754. The van der Waals surface area contributed by atoms with Gasteiger partial charge in [-0.15, -0.1) is 0 Å². The van der Waals surface area contributed by atoms with E-state index in [1.807, 2.05) is 12.1 Å². The molecule has 1 aliphatic heterocycles. The smallest absolute Gasteiger partial charge is 0.409 e. The van der Waals surface area contributed by atoms with Crippen molar-refractivity contribution in [2.75, 3.05) is 38.1 Å². The second kappa shape index (κ2) is 11.0. The lowest BCUT2D eigenvalue weighted by molar-refractivity contribution is -0.131. The Morgan fingerprint density at radius 1 is 0.806 bits per heavy atom. The average molecular weight is 488 g/mol. The Kier molecular flexibility index (Phi) is 7.65. The molecule has 0 unspecified atom stereocenters. The normalized spacial score (nSPS) is 13.7. The van der Waals surface area contributed by atoms with Crippen molar-refractivity contribution in [1.82, 2.24) is 9.80 Å². The van der Waals surface area contributed by atoms with Crippen LogP contribution in [0.15, 0.2) is 84.9 Å². The van der Waals surface area contributed by atoms with E-state index < -0.39 is 11.5 Å². The molecule has 1 aliphatic rings. The lowest BCUT2D eigenvalue weighted by atomic mass is 9.85. The minimum Gasteiger partial charge on any atom is -0.450 e. The topological polar surface area (TPSA) is 99.2 Å². The molecule has 3 aromatic rings. The molecule has 36 heavy (non-hydrogen) atoms. The fraction of sp³-hybridized carbons (Fsp3) is 0.250. The minimum atomic E-state index is -1.89. The van der Waals surface area contributed by atoms with Crippen LogP contribution in [0.1, 0.15) is 28.4 Å². The van der Waals surface area contributed by atoms with Crippen molar-refractivity contribution >= 4 is 23.6 Å². The summed E-state index contributed by atoms with van der Waals surface area (Å²) in [6, 6.07) is 24.1. The highest BCUT2D eigenvalue weighted by atomic mass is 16.6. The second-order valence-corrected chi connectivity index (χ2v) is 8.45. The van der Waals surface area contributed by atoms with Crippen LogP contribution in [0.4, 0.5) is 10.5 Å². The van der Waals surface area contributed by atoms with Crippen LogP contribution in [-0.4, -0.2) is 65.6 Å². The van der Waals surface area contributed by atoms with E-state index in [0.717, 1.165) is 0 Å². The average Bonchev–Trinajstić information content (AvgIpc) is 2.93. The number of anilines is 1. The Hall–Kier alpha value is -4.17. The Morgan fingerprint density at radius 3 is 1.81 bits per heavy atom. The molecule has 0 aromatic heterocycles. The highest BCUT2D eigenvalue weighted by Crippen LogP contribution is 2.31. The molecule has 0 radical (unpaired) electrons. The van der Waals surface area contributed by atoms with Crippen LogP contribution in [0.3, 0.4) is 0 Å². The van der Waals surface area contributed by atoms with Crippen molar-refractivity contribution in [3.8, 4) is 0 Å². The zero-order chi connectivity index (χ0) is 25.5.